The monoisotopic (exact) mass is 293 g/mol. The smallest absolute Gasteiger partial charge is 0.329 e. The first-order valence-corrected chi connectivity index (χ1v) is 6.33. The van der Waals surface area contributed by atoms with Gasteiger partial charge in [-0.15, -0.1) is 0 Å². The van der Waals surface area contributed by atoms with Crippen molar-refractivity contribution in [2.75, 3.05) is 13.1 Å². The van der Waals surface area contributed by atoms with Crippen LogP contribution in [0.2, 0.25) is 5.02 Å². The van der Waals surface area contributed by atoms with Crippen LogP contribution < -0.4 is 0 Å². The number of hydrogen-bond donors (Lipinski definition) is 0. The van der Waals surface area contributed by atoms with Gasteiger partial charge in [0.25, 0.3) is 5.91 Å². The summed E-state index contributed by atoms with van der Waals surface area (Å²) in [5.41, 5.74) is 0.101. The van der Waals surface area contributed by atoms with E-state index in [0.717, 1.165) is 4.90 Å². The third-order valence-corrected chi connectivity index (χ3v) is 2.87. The molecule has 0 N–H and O–H groups in total. The van der Waals surface area contributed by atoms with Gasteiger partial charge in [0, 0.05) is 6.54 Å². The van der Waals surface area contributed by atoms with Gasteiger partial charge in [0.2, 0.25) is 0 Å². The average Bonchev–Trinajstić information content (AvgIpc) is 2.33. The van der Waals surface area contributed by atoms with Crippen LogP contribution in [0.5, 0.6) is 0 Å². The van der Waals surface area contributed by atoms with Crippen LogP contribution in [0, 0.1) is 0 Å². The van der Waals surface area contributed by atoms with Gasteiger partial charge in [0.15, 0.2) is 0 Å². The minimum atomic E-state index is -4.41. The highest BCUT2D eigenvalue weighted by Gasteiger charge is 2.33. The van der Waals surface area contributed by atoms with Crippen LogP contribution in [-0.2, 0) is 0 Å². The third-order valence-electron chi connectivity index (χ3n) is 2.54. The second-order valence-electron chi connectivity index (χ2n) is 4.18. The van der Waals surface area contributed by atoms with Gasteiger partial charge >= 0.3 is 6.18 Å². The number of amides is 1. The molecule has 1 rings (SSSR count). The first kappa shape index (κ1) is 15.8. The Kier molecular flexibility index (Phi) is 5.66. The lowest BCUT2D eigenvalue weighted by Gasteiger charge is -2.24. The SMILES string of the molecule is CCCCN(CC(F)(F)F)C(=O)c1ccccc1Cl. The number of halogens is 4. The van der Waals surface area contributed by atoms with E-state index in [1.807, 2.05) is 6.92 Å². The van der Waals surface area contributed by atoms with E-state index in [1.165, 1.54) is 12.1 Å². The summed E-state index contributed by atoms with van der Waals surface area (Å²) in [6, 6.07) is 6.12. The number of carbonyl (C=O) groups is 1. The number of benzene rings is 1. The summed E-state index contributed by atoms with van der Waals surface area (Å²) < 4.78 is 37.4. The van der Waals surface area contributed by atoms with Crippen LogP contribution in [0.15, 0.2) is 24.3 Å². The Balaban J connectivity index is 2.91. The first-order chi connectivity index (χ1) is 8.85. The van der Waals surface area contributed by atoms with Gasteiger partial charge in [-0.3, -0.25) is 4.79 Å². The van der Waals surface area contributed by atoms with Crippen LogP contribution in [0.25, 0.3) is 0 Å². The number of alkyl halides is 3. The molecular weight excluding hydrogens is 279 g/mol. The lowest BCUT2D eigenvalue weighted by molar-refractivity contribution is -0.140. The molecule has 0 fully saturated rings. The molecule has 0 heterocycles. The molecule has 6 heteroatoms. The Hall–Kier alpha value is -1.23. The molecule has 106 valence electrons. The fraction of sp³-hybridized carbons (Fsp3) is 0.462. The van der Waals surface area contributed by atoms with Crippen LogP contribution in [0.1, 0.15) is 30.1 Å². The predicted molar refractivity (Wildman–Crippen MR) is 68.3 cm³/mol. The molecule has 0 aliphatic rings. The molecule has 2 nitrogen and oxygen atoms in total. The van der Waals surface area contributed by atoms with Crippen LogP contribution in [-0.4, -0.2) is 30.1 Å². The molecule has 0 aliphatic heterocycles. The molecule has 0 spiro atoms. The molecule has 19 heavy (non-hydrogen) atoms. The number of nitrogens with zero attached hydrogens (tertiary/aromatic N) is 1. The Labute approximate surface area is 115 Å². The van der Waals surface area contributed by atoms with E-state index < -0.39 is 18.6 Å². The summed E-state index contributed by atoms with van der Waals surface area (Å²) in [4.78, 5) is 12.9. The van der Waals surface area contributed by atoms with Gasteiger partial charge in [-0.1, -0.05) is 37.1 Å². The zero-order valence-corrected chi connectivity index (χ0v) is 11.3. The zero-order chi connectivity index (χ0) is 14.5. The zero-order valence-electron chi connectivity index (χ0n) is 10.5. The predicted octanol–water partition coefficient (Wildman–Crippen LogP) is 4.14. The number of unbranched alkanes of at least 4 members (excludes halogenated alkanes) is 1. The molecule has 0 saturated carbocycles. The molecule has 0 radical (unpaired) electrons. The maximum Gasteiger partial charge on any atom is 0.406 e. The third kappa shape index (κ3) is 5.11. The van der Waals surface area contributed by atoms with Crippen LogP contribution in [0.3, 0.4) is 0 Å². The van der Waals surface area contributed by atoms with Crippen LogP contribution >= 0.6 is 11.6 Å². The molecule has 0 aromatic heterocycles. The molecule has 1 aromatic carbocycles. The van der Waals surface area contributed by atoms with Crippen molar-refractivity contribution in [1.29, 1.82) is 0 Å². The standard InChI is InChI=1S/C13H15ClF3NO/c1-2-3-8-18(9-13(15,16)17)12(19)10-6-4-5-7-11(10)14/h4-7H,2-3,8-9H2,1H3. The molecule has 0 saturated heterocycles. The Morgan fingerprint density at radius 1 is 1.32 bits per heavy atom. The highest BCUT2D eigenvalue weighted by Crippen LogP contribution is 2.21. The van der Waals surface area contributed by atoms with E-state index in [0.29, 0.717) is 12.8 Å². The van der Waals surface area contributed by atoms with Gasteiger partial charge in [0.1, 0.15) is 6.54 Å². The summed E-state index contributed by atoms with van der Waals surface area (Å²) in [5, 5.41) is 0.163. The van der Waals surface area contributed by atoms with Crippen molar-refractivity contribution in [2.24, 2.45) is 0 Å². The van der Waals surface area contributed by atoms with Gasteiger partial charge in [-0.05, 0) is 18.6 Å². The summed E-state index contributed by atoms with van der Waals surface area (Å²) in [6.07, 6.45) is -3.18. The summed E-state index contributed by atoms with van der Waals surface area (Å²) in [5.74, 6) is -0.684. The molecule has 0 unspecified atom stereocenters. The van der Waals surface area contributed by atoms with Crippen molar-refractivity contribution in [2.45, 2.75) is 25.9 Å². The lowest BCUT2D eigenvalue weighted by atomic mass is 10.2. The van der Waals surface area contributed by atoms with Crippen molar-refractivity contribution < 1.29 is 18.0 Å². The second-order valence-corrected chi connectivity index (χ2v) is 4.58. The van der Waals surface area contributed by atoms with Gasteiger partial charge in [-0.2, -0.15) is 13.2 Å². The normalized spacial score (nSPS) is 11.4. The highest BCUT2D eigenvalue weighted by atomic mass is 35.5. The Bertz CT molecular complexity index is 434. The fourth-order valence-electron chi connectivity index (χ4n) is 1.62. The molecule has 1 amide bonds. The van der Waals surface area contributed by atoms with E-state index in [-0.39, 0.29) is 17.1 Å². The van der Waals surface area contributed by atoms with Crippen molar-refractivity contribution in [1.82, 2.24) is 4.90 Å². The summed E-state index contributed by atoms with van der Waals surface area (Å²) in [6.45, 7) is 0.670. The topological polar surface area (TPSA) is 20.3 Å². The lowest BCUT2D eigenvalue weighted by Crippen LogP contribution is -2.39. The van der Waals surface area contributed by atoms with Crippen molar-refractivity contribution in [3.63, 3.8) is 0 Å². The van der Waals surface area contributed by atoms with Gasteiger partial charge in [-0.25, -0.2) is 0 Å². The van der Waals surface area contributed by atoms with Crippen LogP contribution in [0.4, 0.5) is 13.2 Å². The fourth-order valence-corrected chi connectivity index (χ4v) is 1.84. The number of carbonyl (C=O) groups excluding carboxylic acids is 1. The highest BCUT2D eigenvalue weighted by molar-refractivity contribution is 6.33. The number of hydrogen-bond acceptors (Lipinski definition) is 1. The molecule has 0 atom stereocenters. The molecule has 0 aliphatic carbocycles. The number of rotatable bonds is 5. The van der Waals surface area contributed by atoms with Crippen molar-refractivity contribution in [3.8, 4) is 0 Å². The minimum absolute atomic E-state index is 0.0695. The van der Waals surface area contributed by atoms with Crippen molar-refractivity contribution in [3.05, 3.63) is 34.9 Å². The molecular formula is C13H15ClF3NO. The van der Waals surface area contributed by atoms with Crippen molar-refractivity contribution >= 4 is 17.5 Å². The Morgan fingerprint density at radius 3 is 2.47 bits per heavy atom. The van der Waals surface area contributed by atoms with E-state index >= 15 is 0 Å². The quantitative estimate of drug-likeness (QED) is 0.799. The van der Waals surface area contributed by atoms with E-state index in [4.69, 9.17) is 11.6 Å². The van der Waals surface area contributed by atoms with E-state index in [1.54, 1.807) is 12.1 Å². The maximum atomic E-state index is 12.5. The first-order valence-electron chi connectivity index (χ1n) is 5.95. The van der Waals surface area contributed by atoms with E-state index in [2.05, 4.69) is 0 Å². The minimum Gasteiger partial charge on any atom is -0.329 e. The Morgan fingerprint density at radius 2 is 1.95 bits per heavy atom. The van der Waals surface area contributed by atoms with E-state index in [9.17, 15) is 18.0 Å². The largest absolute Gasteiger partial charge is 0.406 e. The summed E-state index contributed by atoms with van der Waals surface area (Å²) >= 11 is 5.84. The van der Waals surface area contributed by atoms with Gasteiger partial charge < -0.3 is 4.90 Å². The molecule has 0 bridgehead atoms. The molecule has 1 aromatic rings. The average molecular weight is 294 g/mol. The maximum absolute atomic E-state index is 12.5. The van der Waals surface area contributed by atoms with Gasteiger partial charge in [0.05, 0.1) is 10.6 Å². The summed E-state index contributed by atoms with van der Waals surface area (Å²) in [7, 11) is 0. The second kappa shape index (κ2) is 6.80.